The Bertz CT molecular complexity index is 991. The second kappa shape index (κ2) is 8.90. The van der Waals surface area contributed by atoms with Gasteiger partial charge in [-0.05, 0) is 55.0 Å². The van der Waals surface area contributed by atoms with Crippen molar-refractivity contribution in [3.8, 4) is 11.5 Å². The van der Waals surface area contributed by atoms with Crippen LogP contribution < -0.4 is 10.1 Å². The highest BCUT2D eigenvalue weighted by Gasteiger charge is 2.09. The molecule has 0 bridgehead atoms. The predicted molar refractivity (Wildman–Crippen MR) is 103 cm³/mol. The van der Waals surface area contributed by atoms with E-state index in [1.165, 1.54) is 18.2 Å². The number of aromatic nitrogens is 1. The van der Waals surface area contributed by atoms with Crippen molar-refractivity contribution in [1.29, 1.82) is 0 Å². The molecular formula is C22H18F2N2O2. The fourth-order valence-electron chi connectivity index (χ4n) is 2.54. The van der Waals surface area contributed by atoms with Gasteiger partial charge in [0.1, 0.15) is 23.1 Å². The van der Waals surface area contributed by atoms with E-state index >= 15 is 0 Å². The summed E-state index contributed by atoms with van der Waals surface area (Å²) < 4.78 is 32.3. The summed E-state index contributed by atoms with van der Waals surface area (Å²) in [4.78, 5) is 16.1. The Labute approximate surface area is 161 Å². The van der Waals surface area contributed by atoms with Crippen LogP contribution in [0, 0.1) is 11.6 Å². The number of carbonyl (C=O) groups excluding carboxylic acids is 1. The molecule has 0 aliphatic carbocycles. The van der Waals surface area contributed by atoms with E-state index in [0.29, 0.717) is 11.5 Å². The second-order valence-corrected chi connectivity index (χ2v) is 6.09. The fourth-order valence-corrected chi connectivity index (χ4v) is 2.54. The van der Waals surface area contributed by atoms with Crippen LogP contribution >= 0.6 is 0 Å². The molecule has 1 N–H and O–H groups in total. The maximum atomic E-state index is 13.6. The van der Waals surface area contributed by atoms with E-state index < -0.39 is 17.5 Å². The quantitative estimate of drug-likeness (QED) is 0.610. The summed E-state index contributed by atoms with van der Waals surface area (Å²) in [5.41, 5.74) is 0.979. The molecule has 0 fully saturated rings. The molecule has 4 nitrogen and oxygen atoms in total. The topological polar surface area (TPSA) is 51.2 Å². The van der Waals surface area contributed by atoms with Crippen LogP contribution in [0.25, 0.3) is 6.08 Å². The number of benzene rings is 2. The van der Waals surface area contributed by atoms with Crippen LogP contribution in [0.4, 0.5) is 8.78 Å². The summed E-state index contributed by atoms with van der Waals surface area (Å²) in [5.74, 6) is -0.551. The Kier molecular flexibility index (Phi) is 6.11. The lowest BCUT2D eigenvalue weighted by atomic mass is 10.1. The van der Waals surface area contributed by atoms with Gasteiger partial charge in [0.05, 0.1) is 12.2 Å². The van der Waals surface area contributed by atoms with E-state index in [0.717, 1.165) is 17.7 Å². The van der Waals surface area contributed by atoms with Gasteiger partial charge in [-0.1, -0.05) is 12.1 Å². The molecule has 1 heterocycles. The maximum absolute atomic E-state index is 13.6. The average molecular weight is 380 g/mol. The van der Waals surface area contributed by atoms with Crippen molar-refractivity contribution in [2.24, 2.45) is 0 Å². The molecule has 2 aromatic carbocycles. The highest BCUT2D eigenvalue weighted by atomic mass is 19.1. The van der Waals surface area contributed by atoms with Crippen LogP contribution in [-0.4, -0.2) is 10.9 Å². The van der Waals surface area contributed by atoms with Crippen LogP contribution in [0.3, 0.4) is 0 Å². The van der Waals surface area contributed by atoms with E-state index in [9.17, 15) is 13.6 Å². The third-order valence-electron chi connectivity index (χ3n) is 3.96. The van der Waals surface area contributed by atoms with E-state index in [1.807, 2.05) is 31.2 Å². The first-order chi connectivity index (χ1) is 13.5. The van der Waals surface area contributed by atoms with Gasteiger partial charge in [0.2, 0.25) is 5.91 Å². The minimum atomic E-state index is -0.725. The summed E-state index contributed by atoms with van der Waals surface area (Å²) >= 11 is 0. The van der Waals surface area contributed by atoms with Crippen LogP contribution in [0.15, 0.2) is 73.1 Å². The van der Waals surface area contributed by atoms with Gasteiger partial charge in [-0.3, -0.25) is 9.78 Å². The molecule has 1 aromatic heterocycles. The molecule has 3 rings (SSSR count). The number of ether oxygens (including phenoxy) is 1. The summed E-state index contributed by atoms with van der Waals surface area (Å²) in [5, 5.41) is 2.80. The number of pyridine rings is 1. The highest BCUT2D eigenvalue weighted by Crippen LogP contribution is 2.24. The van der Waals surface area contributed by atoms with Crippen molar-refractivity contribution in [3.63, 3.8) is 0 Å². The Hall–Kier alpha value is -3.54. The average Bonchev–Trinajstić information content (AvgIpc) is 2.68. The van der Waals surface area contributed by atoms with Gasteiger partial charge < -0.3 is 10.1 Å². The number of nitrogens with one attached hydrogen (secondary N) is 1. The van der Waals surface area contributed by atoms with Gasteiger partial charge >= 0.3 is 0 Å². The van der Waals surface area contributed by atoms with Gasteiger partial charge in [0, 0.05) is 23.9 Å². The molecule has 6 heteroatoms. The van der Waals surface area contributed by atoms with E-state index in [4.69, 9.17) is 4.74 Å². The number of hydrogen-bond donors (Lipinski definition) is 1. The largest absolute Gasteiger partial charge is 0.456 e. The van der Waals surface area contributed by atoms with Crippen molar-refractivity contribution in [2.75, 3.05) is 0 Å². The molecule has 0 aliphatic rings. The first kappa shape index (κ1) is 19.2. The second-order valence-electron chi connectivity index (χ2n) is 6.09. The zero-order valence-electron chi connectivity index (χ0n) is 15.1. The highest BCUT2D eigenvalue weighted by molar-refractivity contribution is 5.92. The van der Waals surface area contributed by atoms with Gasteiger partial charge in [-0.2, -0.15) is 0 Å². The Morgan fingerprint density at radius 3 is 2.68 bits per heavy atom. The number of amides is 1. The first-order valence-electron chi connectivity index (χ1n) is 8.63. The third kappa shape index (κ3) is 5.23. The Morgan fingerprint density at radius 2 is 1.93 bits per heavy atom. The van der Waals surface area contributed by atoms with Crippen molar-refractivity contribution < 1.29 is 18.3 Å². The molecule has 3 aromatic rings. The van der Waals surface area contributed by atoms with Gasteiger partial charge in [0.15, 0.2) is 0 Å². The van der Waals surface area contributed by atoms with Gasteiger partial charge in [-0.25, -0.2) is 8.78 Å². The van der Waals surface area contributed by atoms with Gasteiger partial charge in [-0.15, -0.1) is 0 Å². The number of halogens is 2. The number of hydrogen-bond acceptors (Lipinski definition) is 3. The molecule has 0 radical (unpaired) electrons. The number of carbonyl (C=O) groups is 1. The van der Waals surface area contributed by atoms with E-state index in [2.05, 4.69) is 10.3 Å². The smallest absolute Gasteiger partial charge is 0.244 e. The van der Waals surface area contributed by atoms with Crippen LogP contribution in [0.2, 0.25) is 0 Å². The molecule has 1 atom stereocenters. The molecule has 142 valence electrons. The SMILES string of the molecule is C[C@H](NC(=O)C=Cc1ccc(F)cc1F)c1cccc(Oc2cccnc2)c1. The monoisotopic (exact) mass is 380 g/mol. The molecule has 0 spiro atoms. The van der Waals surface area contributed by atoms with Crippen LogP contribution in [0.1, 0.15) is 24.1 Å². The van der Waals surface area contributed by atoms with E-state index in [1.54, 1.807) is 24.5 Å². The van der Waals surface area contributed by atoms with Crippen molar-refractivity contribution in [1.82, 2.24) is 10.3 Å². The van der Waals surface area contributed by atoms with Crippen molar-refractivity contribution in [2.45, 2.75) is 13.0 Å². The molecule has 0 saturated carbocycles. The zero-order chi connectivity index (χ0) is 19.9. The number of nitrogens with zero attached hydrogens (tertiary/aromatic N) is 1. The van der Waals surface area contributed by atoms with Crippen LogP contribution in [-0.2, 0) is 4.79 Å². The lowest BCUT2D eigenvalue weighted by molar-refractivity contribution is -0.117. The van der Waals surface area contributed by atoms with Crippen molar-refractivity contribution >= 4 is 12.0 Å². The number of rotatable bonds is 6. The standard InChI is InChI=1S/C22H18F2N2O2/c1-15(26-22(27)10-8-16-7-9-18(23)13-21(16)24)17-4-2-5-19(12-17)28-20-6-3-11-25-14-20/h2-15H,1H3,(H,26,27)/t15-/m0/s1. The molecule has 0 unspecified atom stereocenters. The summed E-state index contributed by atoms with van der Waals surface area (Å²) in [6, 6.07) is 13.8. The third-order valence-corrected chi connectivity index (χ3v) is 3.96. The fraction of sp³-hybridized carbons (Fsp3) is 0.0909. The minimum Gasteiger partial charge on any atom is -0.456 e. The lowest BCUT2D eigenvalue weighted by Crippen LogP contribution is -2.24. The summed E-state index contributed by atoms with van der Waals surface area (Å²) in [7, 11) is 0. The molecule has 28 heavy (non-hydrogen) atoms. The molecule has 0 aliphatic heterocycles. The Balaban J connectivity index is 1.63. The minimum absolute atomic E-state index is 0.135. The van der Waals surface area contributed by atoms with Gasteiger partial charge in [0.25, 0.3) is 0 Å². The molecular weight excluding hydrogens is 362 g/mol. The van der Waals surface area contributed by atoms with Crippen molar-refractivity contribution in [3.05, 3.63) is 95.8 Å². The summed E-state index contributed by atoms with van der Waals surface area (Å²) in [6.45, 7) is 1.83. The molecule has 1 amide bonds. The van der Waals surface area contributed by atoms with Crippen LogP contribution in [0.5, 0.6) is 11.5 Å². The Morgan fingerprint density at radius 1 is 1.11 bits per heavy atom. The zero-order valence-corrected chi connectivity index (χ0v) is 15.1. The summed E-state index contributed by atoms with van der Waals surface area (Å²) in [6.07, 6.45) is 5.78. The maximum Gasteiger partial charge on any atom is 0.244 e. The van der Waals surface area contributed by atoms with E-state index in [-0.39, 0.29) is 11.6 Å². The first-order valence-corrected chi connectivity index (χ1v) is 8.63. The normalized spacial score (nSPS) is 12.0. The predicted octanol–water partition coefficient (Wildman–Crippen LogP) is 5.04. The molecule has 0 saturated heterocycles. The lowest BCUT2D eigenvalue weighted by Gasteiger charge is -2.14.